The smallest absolute Gasteiger partial charge is 0.304 e. The lowest BCUT2D eigenvalue weighted by atomic mass is 10.1. The van der Waals surface area contributed by atoms with Gasteiger partial charge in [0, 0.05) is 27.2 Å². The minimum atomic E-state index is -3.99. The number of unbranched alkanes of at least 4 members (excludes halogenated alkanes) is 1. The van der Waals surface area contributed by atoms with E-state index in [0.717, 1.165) is 43.7 Å². The van der Waals surface area contributed by atoms with Crippen molar-refractivity contribution in [2.75, 3.05) is 31.5 Å². The second-order valence-electron chi connectivity index (χ2n) is 9.66. The van der Waals surface area contributed by atoms with E-state index in [0.29, 0.717) is 18.7 Å². The van der Waals surface area contributed by atoms with Gasteiger partial charge in [-0.1, -0.05) is 62.2 Å². The maximum Gasteiger partial charge on any atom is 0.304 e. The third-order valence-corrected chi connectivity index (χ3v) is 8.15. The second-order valence-corrected chi connectivity index (χ2v) is 11.7. The SMILES string of the molecule is CCCCNC(=O)[C@H](CC)N(Cc1ccc(C)cc1)C(=O)CN(c1cc(C)ccc1C)S(=O)(=O)N(C)C. The number of carbonyl (C=O) groups excluding carboxylic acids is 2. The molecule has 37 heavy (non-hydrogen) atoms. The molecule has 2 amide bonds. The summed E-state index contributed by atoms with van der Waals surface area (Å²) in [5, 5.41) is 2.94. The van der Waals surface area contributed by atoms with E-state index in [-0.39, 0.29) is 12.5 Å². The first-order valence-electron chi connectivity index (χ1n) is 12.8. The Bertz CT molecular complexity index is 1160. The molecule has 0 heterocycles. The van der Waals surface area contributed by atoms with Gasteiger partial charge in [0.25, 0.3) is 0 Å². The summed E-state index contributed by atoms with van der Waals surface area (Å²) in [4.78, 5) is 28.6. The molecule has 0 aromatic heterocycles. The second kappa shape index (κ2) is 13.6. The fraction of sp³-hybridized carbons (Fsp3) is 0.500. The molecule has 1 N–H and O–H groups in total. The number of hydrogen-bond donors (Lipinski definition) is 1. The van der Waals surface area contributed by atoms with Crippen LogP contribution in [0, 0.1) is 20.8 Å². The van der Waals surface area contributed by atoms with Crippen LogP contribution in [0.5, 0.6) is 0 Å². The number of nitrogens with one attached hydrogen (secondary N) is 1. The summed E-state index contributed by atoms with van der Waals surface area (Å²) in [6, 6.07) is 12.5. The van der Waals surface area contributed by atoms with Gasteiger partial charge < -0.3 is 10.2 Å². The molecule has 2 aromatic rings. The highest BCUT2D eigenvalue weighted by Crippen LogP contribution is 2.26. The lowest BCUT2D eigenvalue weighted by molar-refractivity contribution is -0.140. The van der Waals surface area contributed by atoms with Gasteiger partial charge in [0.2, 0.25) is 11.8 Å². The average Bonchev–Trinajstić information content (AvgIpc) is 2.85. The van der Waals surface area contributed by atoms with Crippen molar-refractivity contribution >= 4 is 27.7 Å². The molecule has 2 rings (SSSR count). The van der Waals surface area contributed by atoms with Crippen LogP contribution in [0.1, 0.15) is 55.4 Å². The van der Waals surface area contributed by atoms with Crippen LogP contribution in [-0.4, -0.2) is 62.7 Å². The van der Waals surface area contributed by atoms with Gasteiger partial charge in [-0.3, -0.25) is 9.59 Å². The van der Waals surface area contributed by atoms with Crippen molar-refractivity contribution in [2.24, 2.45) is 0 Å². The quantitative estimate of drug-likeness (QED) is 0.397. The van der Waals surface area contributed by atoms with E-state index in [1.165, 1.54) is 19.0 Å². The summed E-state index contributed by atoms with van der Waals surface area (Å²) in [6.07, 6.45) is 2.19. The van der Waals surface area contributed by atoms with Gasteiger partial charge in [-0.2, -0.15) is 12.7 Å². The Labute approximate surface area is 222 Å². The molecule has 0 aliphatic rings. The van der Waals surface area contributed by atoms with Crippen LogP contribution in [0.15, 0.2) is 42.5 Å². The van der Waals surface area contributed by atoms with Crippen LogP contribution < -0.4 is 9.62 Å². The highest BCUT2D eigenvalue weighted by molar-refractivity contribution is 7.90. The summed E-state index contributed by atoms with van der Waals surface area (Å²) >= 11 is 0. The first-order valence-corrected chi connectivity index (χ1v) is 14.2. The number of amides is 2. The summed E-state index contributed by atoms with van der Waals surface area (Å²) in [7, 11) is -1.10. The largest absolute Gasteiger partial charge is 0.354 e. The molecule has 0 unspecified atom stereocenters. The highest BCUT2D eigenvalue weighted by atomic mass is 32.2. The van der Waals surface area contributed by atoms with E-state index >= 15 is 0 Å². The van der Waals surface area contributed by atoms with Gasteiger partial charge in [-0.25, -0.2) is 4.31 Å². The number of nitrogens with zero attached hydrogens (tertiary/aromatic N) is 3. The number of hydrogen-bond acceptors (Lipinski definition) is 4. The normalized spacial score (nSPS) is 12.3. The van der Waals surface area contributed by atoms with E-state index in [9.17, 15) is 18.0 Å². The van der Waals surface area contributed by atoms with Crippen LogP contribution >= 0.6 is 0 Å². The minimum Gasteiger partial charge on any atom is -0.354 e. The predicted molar refractivity (Wildman–Crippen MR) is 150 cm³/mol. The zero-order valence-electron chi connectivity index (χ0n) is 23.2. The predicted octanol–water partition coefficient (Wildman–Crippen LogP) is 3.95. The van der Waals surface area contributed by atoms with Gasteiger partial charge in [-0.15, -0.1) is 0 Å². The molecule has 0 aliphatic heterocycles. The fourth-order valence-electron chi connectivity index (χ4n) is 4.01. The van der Waals surface area contributed by atoms with E-state index in [4.69, 9.17) is 0 Å². The first kappa shape index (κ1) is 30.3. The summed E-state index contributed by atoms with van der Waals surface area (Å²) in [5.41, 5.74) is 4.01. The Morgan fingerprint density at radius 1 is 0.946 bits per heavy atom. The van der Waals surface area contributed by atoms with Gasteiger partial charge >= 0.3 is 10.2 Å². The summed E-state index contributed by atoms with van der Waals surface area (Å²) < 4.78 is 29.0. The standard InChI is InChI=1S/C28H42N4O4S/c1-8-10-17-29-28(34)25(9-2)31(19-24-15-12-21(3)13-16-24)27(33)20-32(37(35,36)30(6)7)26-18-22(4)11-14-23(26)5/h11-16,18,25H,8-10,17,19-20H2,1-7H3,(H,29,34)/t25-/m0/s1. The highest BCUT2D eigenvalue weighted by Gasteiger charge is 2.34. The summed E-state index contributed by atoms with van der Waals surface area (Å²) in [5.74, 6) is -0.672. The first-order chi connectivity index (χ1) is 17.4. The van der Waals surface area contributed by atoms with Crippen molar-refractivity contribution in [1.82, 2.24) is 14.5 Å². The van der Waals surface area contributed by atoms with E-state index in [1.807, 2.05) is 71.0 Å². The molecular formula is C28H42N4O4S. The number of aryl methyl sites for hydroxylation is 3. The van der Waals surface area contributed by atoms with E-state index < -0.39 is 28.7 Å². The van der Waals surface area contributed by atoms with Crippen molar-refractivity contribution in [3.05, 3.63) is 64.7 Å². The molecule has 0 fully saturated rings. The van der Waals surface area contributed by atoms with Crippen molar-refractivity contribution < 1.29 is 18.0 Å². The van der Waals surface area contributed by atoms with Crippen molar-refractivity contribution in [3.8, 4) is 0 Å². The Morgan fingerprint density at radius 2 is 1.57 bits per heavy atom. The molecule has 2 aromatic carbocycles. The molecule has 0 saturated heterocycles. The van der Waals surface area contributed by atoms with E-state index in [2.05, 4.69) is 5.32 Å². The van der Waals surface area contributed by atoms with Gasteiger partial charge in [0.1, 0.15) is 12.6 Å². The van der Waals surface area contributed by atoms with Crippen LogP contribution in [0.3, 0.4) is 0 Å². The molecule has 0 saturated carbocycles. The lowest BCUT2D eigenvalue weighted by Gasteiger charge is -2.34. The third-order valence-electron chi connectivity index (χ3n) is 6.34. The number of carbonyl (C=O) groups is 2. The molecule has 1 atom stereocenters. The van der Waals surface area contributed by atoms with Crippen LogP contribution in [-0.2, 0) is 26.3 Å². The minimum absolute atomic E-state index is 0.196. The Hall–Kier alpha value is -2.91. The monoisotopic (exact) mass is 530 g/mol. The average molecular weight is 531 g/mol. The lowest BCUT2D eigenvalue weighted by Crippen LogP contribution is -2.53. The maximum absolute atomic E-state index is 13.9. The zero-order chi connectivity index (χ0) is 27.8. The fourth-order valence-corrected chi connectivity index (χ4v) is 5.12. The van der Waals surface area contributed by atoms with Crippen molar-refractivity contribution in [3.63, 3.8) is 0 Å². The number of anilines is 1. The molecule has 204 valence electrons. The number of benzene rings is 2. The molecule has 0 radical (unpaired) electrons. The van der Waals surface area contributed by atoms with Gasteiger partial charge in [0.05, 0.1) is 5.69 Å². The number of rotatable bonds is 13. The van der Waals surface area contributed by atoms with Crippen LogP contribution in [0.4, 0.5) is 5.69 Å². The van der Waals surface area contributed by atoms with Crippen LogP contribution in [0.25, 0.3) is 0 Å². The zero-order valence-corrected chi connectivity index (χ0v) is 24.1. The molecular weight excluding hydrogens is 488 g/mol. The van der Waals surface area contributed by atoms with E-state index in [1.54, 1.807) is 6.07 Å². The van der Waals surface area contributed by atoms with Crippen molar-refractivity contribution in [1.29, 1.82) is 0 Å². The molecule has 0 aliphatic carbocycles. The summed E-state index contributed by atoms with van der Waals surface area (Å²) in [6.45, 7) is 9.89. The Morgan fingerprint density at radius 3 is 2.14 bits per heavy atom. The van der Waals surface area contributed by atoms with Gasteiger partial charge in [-0.05, 0) is 56.4 Å². The van der Waals surface area contributed by atoms with Crippen LogP contribution in [0.2, 0.25) is 0 Å². The third kappa shape index (κ3) is 8.04. The maximum atomic E-state index is 13.9. The molecule has 9 heteroatoms. The molecule has 0 bridgehead atoms. The topological polar surface area (TPSA) is 90.0 Å². The molecule has 8 nitrogen and oxygen atoms in total. The Balaban J connectivity index is 2.51. The Kier molecular flexibility index (Phi) is 11.1. The van der Waals surface area contributed by atoms with Crippen molar-refractivity contribution in [2.45, 2.75) is 66.5 Å². The van der Waals surface area contributed by atoms with Gasteiger partial charge in [0.15, 0.2) is 0 Å². The molecule has 0 spiro atoms.